The molecule has 0 N–H and O–H groups in total. The van der Waals surface area contributed by atoms with Gasteiger partial charge in [-0.25, -0.2) is 0 Å². The molecule has 270 valence electrons. The zero-order chi connectivity index (χ0) is 37.6. The van der Waals surface area contributed by atoms with Crippen LogP contribution in [0.5, 0.6) is 0 Å². The second-order valence-electron chi connectivity index (χ2n) is 16.0. The van der Waals surface area contributed by atoms with E-state index in [9.17, 15) is 0 Å². The Bertz CT molecular complexity index is 2630. The van der Waals surface area contributed by atoms with E-state index < -0.39 is 0 Å². The normalized spacial score (nSPS) is 13.8. The molecular weight excluding hydrogens is 675 g/mol. The molecule has 8 aromatic carbocycles. The van der Waals surface area contributed by atoms with E-state index >= 15 is 0 Å². The summed E-state index contributed by atoms with van der Waals surface area (Å²) in [5.41, 5.74) is 21.7. The molecule has 0 aliphatic heterocycles. The second-order valence-corrected chi connectivity index (χ2v) is 16.0. The van der Waals surface area contributed by atoms with E-state index in [1.165, 1.54) is 95.0 Å². The molecule has 5 aliphatic carbocycles. The van der Waals surface area contributed by atoms with Crippen LogP contribution in [0.4, 0.5) is 17.1 Å². The Labute approximate surface area is 331 Å². The largest absolute Gasteiger partial charge is 0.309 e. The fourth-order valence-electron chi connectivity index (χ4n) is 9.27. The summed E-state index contributed by atoms with van der Waals surface area (Å²) in [6.07, 6.45) is 3.91. The van der Waals surface area contributed by atoms with Crippen LogP contribution in [0.1, 0.15) is 47.2 Å². The van der Waals surface area contributed by atoms with Gasteiger partial charge in [0.2, 0.25) is 0 Å². The first kappa shape index (κ1) is 34.1. The summed E-state index contributed by atoms with van der Waals surface area (Å²) in [5.74, 6) is 0. The van der Waals surface area contributed by atoms with Gasteiger partial charge in [-0.2, -0.15) is 0 Å². The molecule has 8 aromatic rings. The van der Waals surface area contributed by atoms with Crippen molar-refractivity contribution in [3.05, 3.63) is 221 Å². The van der Waals surface area contributed by atoms with Crippen molar-refractivity contribution in [2.24, 2.45) is 0 Å². The lowest BCUT2D eigenvalue weighted by Crippen LogP contribution is -2.19. The summed E-state index contributed by atoms with van der Waals surface area (Å²) in [5, 5.41) is 0. The molecule has 0 spiro atoms. The fraction of sp³-hybridized carbons (Fsp3) is 0.127. The number of hydrogen-bond acceptors (Lipinski definition) is 1. The number of rotatable bonds is 6. The number of nitrogens with zero attached hydrogens (tertiary/aromatic N) is 1. The Hall–Kier alpha value is -6.44. The molecule has 0 atom stereocenters. The van der Waals surface area contributed by atoms with Crippen LogP contribution >= 0.6 is 0 Å². The molecule has 0 heterocycles. The number of fused-ring (bicyclic) bond motifs is 3. The molecule has 56 heavy (non-hydrogen) atoms. The minimum absolute atomic E-state index is 0.189. The SMILES string of the molecule is CC1(C)c2ccccc2-c2c(-c3ccccc3)cc(N(c3cc4ccc3CCc3ccc(cc3)CC4)c3c(-c4ccccc4)cccc3-c3ccccc3)cc21. The summed E-state index contributed by atoms with van der Waals surface area (Å²) in [4.78, 5) is 2.64. The lowest BCUT2D eigenvalue weighted by atomic mass is 9.81. The lowest BCUT2D eigenvalue weighted by molar-refractivity contribution is 0.660. The Morgan fingerprint density at radius 1 is 0.393 bits per heavy atom. The van der Waals surface area contributed by atoms with Crippen LogP contribution < -0.4 is 4.90 Å². The van der Waals surface area contributed by atoms with Gasteiger partial charge >= 0.3 is 0 Å². The number of hydrogen-bond donors (Lipinski definition) is 0. The molecule has 5 aliphatic rings. The smallest absolute Gasteiger partial charge is 0.0618 e. The van der Waals surface area contributed by atoms with Gasteiger partial charge in [-0.05, 0) is 111 Å². The van der Waals surface area contributed by atoms with Gasteiger partial charge in [0.1, 0.15) is 0 Å². The molecule has 4 bridgehead atoms. The summed E-state index contributed by atoms with van der Waals surface area (Å²) in [7, 11) is 0. The highest BCUT2D eigenvalue weighted by Crippen LogP contribution is 2.56. The summed E-state index contributed by atoms with van der Waals surface area (Å²) in [6.45, 7) is 4.81. The number of anilines is 3. The number of benzene rings is 8. The van der Waals surface area contributed by atoms with Gasteiger partial charge in [0, 0.05) is 27.9 Å². The average molecular weight is 720 g/mol. The van der Waals surface area contributed by atoms with Crippen molar-refractivity contribution >= 4 is 17.1 Å². The van der Waals surface area contributed by atoms with Gasteiger partial charge in [-0.15, -0.1) is 0 Å². The molecule has 13 rings (SSSR count). The summed E-state index contributed by atoms with van der Waals surface area (Å²) < 4.78 is 0. The predicted molar refractivity (Wildman–Crippen MR) is 236 cm³/mol. The van der Waals surface area contributed by atoms with Crippen LogP contribution in [0.2, 0.25) is 0 Å². The topological polar surface area (TPSA) is 3.24 Å². The standard InChI is InChI=1S/C55H45N/c1-55(2)50-24-13-12-21-48(50)53-49(43-19-10-5-11-20-43)36-45(37-51(53)55)56(52-35-40-30-29-38-25-27-39(28-26-38)31-33-44(52)34-32-40)54-46(41-15-6-3-7-16-41)22-14-23-47(54)42-17-8-4-9-18-42/h3-28,32,34-37H,29-31,33H2,1-2H3. The minimum atomic E-state index is -0.189. The zero-order valence-corrected chi connectivity index (χ0v) is 32.2. The van der Waals surface area contributed by atoms with Gasteiger partial charge in [-0.3, -0.25) is 0 Å². The molecule has 1 heteroatoms. The van der Waals surface area contributed by atoms with Crippen molar-refractivity contribution in [1.82, 2.24) is 0 Å². The average Bonchev–Trinajstić information content (AvgIpc) is 3.48. The summed E-state index contributed by atoms with van der Waals surface area (Å²) >= 11 is 0. The van der Waals surface area contributed by atoms with Crippen molar-refractivity contribution in [3.63, 3.8) is 0 Å². The second kappa shape index (κ2) is 14.0. The molecule has 0 aromatic heterocycles. The highest BCUT2D eigenvalue weighted by Gasteiger charge is 2.38. The van der Waals surface area contributed by atoms with Crippen molar-refractivity contribution < 1.29 is 0 Å². The first-order valence-corrected chi connectivity index (χ1v) is 20.1. The highest BCUT2D eigenvalue weighted by atomic mass is 15.2. The zero-order valence-electron chi connectivity index (χ0n) is 32.2. The van der Waals surface area contributed by atoms with Crippen LogP contribution in [0.25, 0.3) is 44.5 Å². The predicted octanol–water partition coefficient (Wildman–Crippen LogP) is 14.3. The van der Waals surface area contributed by atoms with E-state index in [1.807, 2.05) is 0 Å². The van der Waals surface area contributed by atoms with E-state index in [1.54, 1.807) is 0 Å². The lowest BCUT2D eigenvalue weighted by Gasteiger charge is -2.34. The number of aryl methyl sites for hydroxylation is 4. The minimum Gasteiger partial charge on any atom is -0.309 e. The van der Waals surface area contributed by atoms with Gasteiger partial charge in [0.15, 0.2) is 0 Å². The van der Waals surface area contributed by atoms with E-state index in [4.69, 9.17) is 0 Å². The van der Waals surface area contributed by atoms with Crippen LogP contribution in [0.15, 0.2) is 188 Å². The third-order valence-electron chi connectivity index (χ3n) is 12.2. The molecule has 0 saturated heterocycles. The van der Waals surface area contributed by atoms with Crippen molar-refractivity contribution in [3.8, 4) is 44.5 Å². The molecule has 0 saturated carbocycles. The quantitative estimate of drug-likeness (QED) is 0.165. The molecule has 0 fully saturated rings. The van der Waals surface area contributed by atoms with E-state index in [0.29, 0.717) is 0 Å². The van der Waals surface area contributed by atoms with Gasteiger partial charge < -0.3 is 4.90 Å². The van der Waals surface area contributed by atoms with Crippen molar-refractivity contribution in [2.75, 3.05) is 4.90 Å². The molecule has 0 unspecified atom stereocenters. The monoisotopic (exact) mass is 719 g/mol. The third kappa shape index (κ3) is 5.96. The first-order chi connectivity index (χ1) is 27.5. The molecule has 0 amide bonds. The molecule has 1 nitrogen and oxygen atoms in total. The fourth-order valence-corrected chi connectivity index (χ4v) is 9.27. The Kier molecular flexibility index (Phi) is 8.52. The third-order valence-corrected chi connectivity index (χ3v) is 12.2. The highest BCUT2D eigenvalue weighted by molar-refractivity contribution is 6.01. The van der Waals surface area contributed by atoms with Gasteiger partial charge in [0.05, 0.1) is 5.69 Å². The van der Waals surface area contributed by atoms with Crippen molar-refractivity contribution in [2.45, 2.75) is 44.9 Å². The van der Waals surface area contributed by atoms with Crippen molar-refractivity contribution in [1.29, 1.82) is 0 Å². The Morgan fingerprint density at radius 2 is 0.893 bits per heavy atom. The van der Waals surface area contributed by atoms with E-state index in [2.05, 4.69) is 207 Å². The van der Waals surface area contributed by atoms with E-state index in [-0.39, 0.29) is 5.41 Å². The van der Waals surface area contributed by atoms with Gasteiger partial charge in [0.25, 0.3) is 0 Å². The Balaban J connectivity index is 1.32. The van der Waals surface area contributed by atoms with Crippen LogP contribution in [0.3, 0.4) is 0 Å². The molecular formula is C55H45N. The van der Waals surface area contributed by atoms with Crippen LogP contribution in [-0.4, -0.2) is 0 Å². The number of para-hydroxylation sites is 1. The summed E-state index contributed by atoms with van der Waals surface area (Å²) in [6, 6.07) is 70.5. The first-order valence-electron chi connectivity index (χ1n) is 20.1. The maximum atomic E-state index is 2.64. The van der Waals surface area contributed by atoms with E-state index in [0.717, 1.165) is 25.7 Å². The molecule has 0 radical (unpaired) electrons. The van der Waals surface area contributed by atoms with Crippen LogP contribution in [0, 0.1) is 0 Å². The van der Waals surface area contributed by atoms with Gasteiger partial charge in [-0.1, -0.05) is 184 Å². The maximum Gasteiger partial charge on any atom is 0.0618 e. The Morgan fingerprint density at radius 3 is 1.52 bits per heavy atom. The van der Waals surface area contributed by atoms with Crippen LogP contribution in [-0.2, 0) is 31.1 Å². The maximum absolute atomic E-state index is 2.64.